The van der Waals surface area contributed by atoms with E-state index < -0.39 is 0 Å². The molecular formula is C28H32N2O. The van der Waals surface area contributed by atoms with Gasteiger partial charge in [0, 0.05) is 22.3 Å². The molecule has 3 nitrogen and oxygen atoms in total. The van der Waals surface area contributed by atoms with Gasteiger partial charge in [0.2, 0.25) is 0 Å². The summed E-state index contributed by atoms with van der Waals surface area (Å²) in [5.41, 5.74) is 5.68. The molecule has 2 aromatic carbocycles. The second kappa shape index (κ2) is 8.58. The average Bonchev–Trinajstić information content (AvgIpc) is 2.69. The number of nitrogens with zero attached hydrogens (tertiary/aromatic N) is 2. The number of aryl methyl sites for hydroxylation is 1. The zero-order valence-electron chi connectivity index (χ0n) is 19.7. The predicted octanol–water partition coefficient (Wildman–Crippen LogP) is 8.02. The number of hydrogen-bond acceptors (Lipinski definition) is 3. The van der Waals surface area contributed by atoms with Crippen molar-refractivity contribution in [3.05, 3.63) is 94.6 Å². The maximum atomic E-state index is 13.3. The summed E-state index contributed by atoms with van der Waals surface area (Å²) in [6, 6.07) is 18.0. The third-order valence-electron chi connectivity index (χ3n) is 5.33. The zero-order valence-corrected chi connectivity index (χ0v) is 19.7. The average molecular weight is 413 g/mol. The number of rotatable bonds is 3. The highest BCUT2D eigenvalue weighted by atomic mass is 16.1. The lowest BCUT2D eigenvalue weighted by Crippen LogP contribution is -2.28. The number of azo groups is 1. The normalized spacial score (nSPS) is 15.2. The molecule has 1 aliphatic carbocycles. The van der Waals surface area contributed by atoms with Crippen molar-refractivity contribution in [3.8, 4) is 0 Å². The van der Waals surface area contributed by atoms with Crippen LogP contribution in [0.1, 0.15) is 52.7 Å². The minimum Gasteiger partial charge on any atom is -0.289 e. The summed E-state index contributed by atoms with van der Waals surface area (Å²) in [5.74, 6) is 0.118. The Morgan fingerprint density at radius 2 is 1.26 bits per heavy atom. The molecular weight excluding hydrogens is 380 g/mol. The lowest BCUT2D eigenvalue weighted by atomic mass is 9.71. The smallest absolute Gasteiger partial charge is 0.186 e. The molecule has 0 N–H and O–H groups in total. The van der Waals surface area contributed by atoms with Crippen molar-refractivity contribution in [3.63, 3.8) is 0 Å². The largest absolute Gasteiger partial charge is 0.289 e. The van der Waals surface area contributed by atoms with Gasteiger partial charge in [0.1, 0.15) is 5.70 Å². The summed E-state index contributed by atoms with van der Waals surface area (Å²) in [6.45, 7) is 14.5. The van der Waals surface area contributed by atoms with Crippen LogP contribution < -0.4 is 0 Å². The molecule has 0 amide bonds. The van der Waals surface area contributed by atoms with Crippen LogP contribution in [-0.2, 0) is 4.79 Å². The maximum Gasteiger partial charge on any atom is 0.186 e. The summed E-state index contributed by atoms with van der Waals surface area (Å²) < 4.78 is 0. The van der Waals surface area contributed by atoms with Gasteiger partial charge in [0.05, 0.1) is 5.69 Å². The Morgan fingerprint density at radius 3 is 1.74 bits per heavy atom. The molecule has 2 aromatic rings. The number of hydrogen-bond donors (Lipinski definition) is 0. The Kier molecular flexibility index (Phi) is 6.26. The fourth-order valence-corrected chi connectivity index (χ4v) is 3.48. The van der Waals surface area contributed by atoms with Crippen LogP contribution in [-0.4, -0.2) is 5.78 Å². The van der Waals surface area contributed by atoms with Crippen molar-refractivity contribution >= 4 is 17.2 Å². The molecule has 1 aliphatic rings. The van der Waals surface area contributed by atoms with Gasteiger partial charge in [-0.1, -0.05) is 89.6 Å². The summed E-state index contributed by atoms with van der Waals surface area (Å²) >= 11 is 0. The van der Waals surface area contributed by atoms with Gasteiger partial charge in [-0.3, -0.25) is 4.79 Å². The summed E-state index contributed by atoms with van der Waals surface area (Å²) in [5, 5.41) is 9.18. The Bertz CT molecular complexity index is 1050. The molecule has 0 radical (unpaired) electrons. The van der Waals surface area contributed by atoms with E-state index >= 15 is 0 Å². The topological polar surface area (TPSA) is 41.8 Å². The Labute approximate surface area is 186 Å². The van der Waals surface area contributed by atoms with Crippen LogP contribution in [0, 0.1) is 17.8 Å². The van der Waals surface area contributed by atoms with Crippen molar-refractivity contribution in [2.45, 2.75) is 48.5 Å². The van der Waals surface area contributed by atoms with Crippen LogP contribution in [0.5, 0.6) is 0 Å². The van der Waals surface area contributed by atoms with Crippen molar-refractivity contribution in [1.82, 2.24) is 0 Å². The van der Waals surface area contributed by atoms with E-state index in [1.165, 1.54) is 5.56 Å². The number of carbonyl (C=O) groups excluding carboxylic acids is 1. The highest BCUT2D eigenvalue weighted by Crippen LogP contribution is 2.41. The molecule has 0 atom stereocenters. The highest BCUT2D eigenvalue weighted by molar-refractivity contribution is 6.12. The van der Waals surface area contributed by atoms with Crippen LogP contribution >= 0.6 is 0 Å². The lowest BCUT2D eigenvalue weighted by Gasteiger charge is -2.31. The van der Waals surface area contributed by atoms with E-state index in [-0.39, 0.29) is 16.6 Å². The van der Waals surface area contributed by atoms with E-state index in [9.17, 15) is 4.79 Å². The highest BCUT2D eigenvalue weighted by Gasteiger charge is 2.34. The summed E-state index contributed by atoms with van der Waals surface area (Å²) in [6.07, 6.45) is 3.99. The SMILES string of the molecule is Cc1ccc(C(N=Nc2ccccc2)=C2C=C(C(C)(C)C)C(=O)C(C(C)(C)C)=C2)cc1. The number of ketones is 1. The molecule has 0 heterocycles. The molecule has 3 rings (SSSR count). The van der Waals surface area contributed by atoms with E-state index in [2.05, 4.69) is 83.0 Å². The van der Waals surface area contributed by atoms with Gasteiger partial charge in [-0.05, 0) is 42.0 Å². The van der Waals surface area contributed by atoms with Crippen molar-refractivity contribution in [2.75, 3.05) is 0 Å². The Morgan fingerprint density at radius 1 is 0.742 bits per heavy atom. The first kappa shape index (κ1) is 22.6. The minimum absolute atomic E-state index is 0.118. The Hall–Kier alpha value is -3.07. The molecule has 0 saturated carbocycles. The Balaban J connectivity index is 2.28. The first-order chi connectivity index (χ1) is 14.5. The molecule has 160 valence electrons. The third-order valence-corrected chi connectivity index (χ3v) is 5.33. The first-order valence-corrected chi connectivity index (χ1v) is 10.7. The van der Waals surface area contributed by atoms with E-state index in [0.29, 0.717) is 0 Å². The fourth-order valence-electron chi connectivity index (χ4n) is 3.48. The molecule has 0 fully saturated rings. The molecule has 0 unspecified atom stereocenters. The van der Waals surface area contributed by atoms with Gasteiger partial charge in [-0.25, -0.2) is 0 Å². The van der Waals surface area contributed by atoms with Crippen LogP contribution in [0.25, 0.3) is 5.70 Å². The molecule has 0 bridgehead atoms. The van der Waals surface area contributed by atoms with Crippen LogP contribution in [0.2, 0.25) is 0 Å². The maximum absolute atomic E-state index is 13.3. The number of Topliss-reactive ketones (excluding diaryl/α,β-unsaturated/α-hetero) is 1. The first-order valence-electron chi connectivity index (χ1n) is 10.7. The predicted molar refractivity (Wildman–Crippen MR) is 129 cm³/mol. The van der Waals surface area contributed by atoms with Crippen molar-refractivity contribution in [1.29, 1.82) is 0 Å². The fraction of sp³-hybridized carbons (Fsp3) is 0.321. The summed E-state index contributed by atoms with van der Waals surface area (Å²) in [7, 11) is 0. The molecule has 31 heavy (non-hydrogen) atoms. The van der Waals surface area contributed by atoms with Gasteiger partial charge < -0.3 is 0 Å². The number of carbonyl (C=O) groups is 1. The minimum atomic E-state index is -0.276. The molecule has 0 aromatic heterocycles. The van der Waals surface area contributed by atoms with E-state index in [4.69, 9.17) is 0 Å². The molecule has 3 heteroatoms. The van der Waals surface area contributed by atoms with Gasteiger partial charge in [-0.2, -0.15) is 5.11 Å². The van der Waals surface area contributed by atoms with Gasteiger partial charge >= 0.3 is 0 Å². The molecule has 0 aliphatic heterocycles. The monoisotopic (exact) mass is 412 g/mol. The number of allylic oxidation sites excluding steroid dienone is 5. The van der Waals surface area contributed by atoms with E-state index in [1.807, 2.05) is 42.5 Å². The van der Waals surface area contributed by atoms with Gasteiger partial charge in [-0.15, -0.1) is 5.11 Å². The second-order valence-corrected chi connectivity index (χ2v) is 10.2. The van der Waals surface area contributed by atoms with E-state index in [0.717, 1.165) is 33.7 Å². The van der Waals surface area contributed by atoms with E-state index in [1.54, 1.807) is 0 Å². The van der Waals surface area contributed by atoms with Gasteiger partial charge in [0.25, 0.3) is 0 Å². The van der Waals surface area contributed by atoms with Crippen LogP contribution in [0.3, 0.4) is 0 Å². The summed E-state index contributed by atoms with van der Waals surface area (Å²) in [4.78, 5) is 13.3. The van der Waals surface area contributed by atoms with Crippen LogP contribution in [0.4, 0.5) is 5.69 Å². The zero-order chi connectivity index (χ0) is 22.8. The lowest BCUT2D eigenvalue weighted by molar-refractivity contribution is -0.114. The van der Waals surface area contributed by atoms with Crippen molar-refractivity contribution in [2.24, 2.45) is 21.1 Å². The van der Waals surface area contributed by atoms with Crippen LogP contribution in [0.15, 0.2) is 93.7 Å². The number of benzene rings is 2. The van der Waals surface area contributed by atoms with Gasteiger partial charge in [0.15, 0.2) is 5.78 Å². The molecule has 0 saturated heterocycles. The molecule has 0 spiro atoms. The third kappa shape index (κ3) is 5.35. The van der Waals surface area contributed by atoms with Crippen molar-refractivity contribution < 1.29 is 4.79 Å². The standard InChI is InChI=1S/C28H32N2O/c1-19-13-15-20(16-14-19)25(30-29-22-11-9-8-10-12-22)21-17-23(27(2,3)4)26(31)24(18-21)28(5,6)7/h8-18H,1-7H3. The quantitative estimate of drug-likeness (QED) is 0.471. The second-order valence-electron chi connectivity index (χ2n) is 10.2.